The van der Waals surface area contributed by atoms with Gasteiger partial charge >= 0.3 is 6.03 Å². The van der Waals surface area contributed by atoms with E-state index in [9.17, 15) is 4.79 Å². The highest BCUT2D eigenvalue weighted by Crippen LogP contribution is 2.26. The number of rotatable bonds is 3. The first-order valence-electron chi connectivity index (χ1n) is 8.56. The molecule has 0 fully saturated rings. The Balaban J connectivity index is 1.95. The van der Waals surface area contributed by atoms with Crippen LogP contribution in [0.3, 0.4) is 0 Å². The molecule has 0 N–H and O–H groups in total. The lowest BCUT2D eigenvalue weighted by Gasteiger charge is -2.38. The predicted molar refractivity (Wildman–Crippen MR) is 100 cm³/mol. The fourth-order valence-electron chi connectivity index (χ4n) is 2.95. The number of urea groups is 1. The van der Waals surface area contributed by atoms with E-state index in [1.165, 1.54) is 0 Å². The molecule has 2 heterocycles. The minimum atomic E-state index is -0.0415. The Kier molecular flexibility index (Phi) is 4.74. The van der Waals surface area contributed by atoms with Crippen molar-refractivity contribution in [1.82, 2.24) is 14.9 Å². The van der Waals surface area contributed by atoms with Crippen molar-refractivity contribution in [2.45, 2.75) is 20.8 Å². The van der Waals surface area contributed by atoms with Crippen molar-refractivity contribution >= 4 is 23.5 Å². The molecule has 0 bridgehead atoms. The maximum Gasteiger partial charge on any atom is 0.339 e. The molecule has 3 rings (SSSR count). The van der Waals surface area contributed by atoms with E-state index >= 15 is 0 Å². The topological polar surface area (TPSA) is 54.8 Å². The largest absolute Gasteiger partial charge is 0.339 e. The minimum absolute atomic E-state index is 0.0415. The van der Waals surface area contributed by atoms with Gasteiger partial charge in [-0.15, -0.1) is 0 Å². The van der Waals surface area contributed by atoms with Gasteiger partial charge in [-0.05, 0) is 39.0 Å². The van der Waals surface area contributed by atoms with Gasteiger partial charge in [0.15, 0.2) is 5.82 Å². The molecule has 2 aliphatic heterocycles. The van der Waals surface area contributed by atoms with Crippen LogP contribution in [-0.2, 0) is 0 Å². The molecule has 25 heavy (non-hydrogen) atoms. The average molecular weight is 340 g/mol. The number of benzene rings is 1. The summed E-state index contributed by atoms with van der Waals surface area (Å²) in [7, 11) is 1.95. The lowest BCUT2D eigenvalue weighted by atomic mass is 10.3. The van der Waals surface area contributed by atoms with Crippen molar-refractivity contribution < 1.29 is 4.79 Å². The van der Waals surface area contributed by atoms with Crippen LogP contribution in [0, 0.1) is 0 Å². The number of hydrogen-bond acceptors (Lipinski definition) is 5. The summed E-state index contributed by atoms with van der Waals surface area (Å²) in [6.45, 7) is 7.65. The molecule has 0 atom stereocenters. The van der Waals surface area contributed by atoms with Gasteiger partial charge in [-0.3, -0.25) is 0 Å². The highest BCUT2D eigenvalue weighted by Gasteiger charge is 2.37. The Hall–Kier alpha value is -2.83. The second kappa shape index (κ2) is 6.96. The Morgan fingerprint density at radius 2 is 1.84 bits per heavy atom. The highest BCUT2D eigenvalue weighted by atomic mass is 16.2. The van der Waals surface area contributed by atoms with Crippen LogP contribution in [0.4, 0.5) is 10.5 Å². The van der Waals surface area contributed by atoms with E-state index in [0.717, 1.165) is 11.5 Å². The molecule has 0 saturated heterocycles. The number of nitrogens with zero attached hydrogens (tertiary/aromatic N) is 6. The summed E-state index contributed by atoms with van der Waals surface area (Å²) in [6, 6.07) is 9.93. The van der Waals surface area contributed by atoms with Crippen molar-refractivity contribution in [1.29, 1.82) is 0 Å². The number of hydrogen-bond donors (Lipinski definition) is 0. The van der Waals surface area contributed by atoms with E-state index in [-0.39, 0.29) is 6.03 Å². The number of guanidine groups is 1. The van der Waals surface area contributed by atoms with Crippen LogP contribution < -0.4 is 4.90 Å². The van der Waals surface area contributed by atoms with Crippen LogP contribution in [0.2, 0.25) is 0 Å². The summed E-state index contributed by atoms with van der Waals surface area (Å²) >= 11 is 0. The molecule has 0 spiro atoms. The third kappa shape index (κ3) is 3.09. The van der Waals surface area contributed by atoms with E-state index in [2.05, 4.69) is 9.98 Å². The molecule has 0 aromatic heterocycles. The number of amidine groups is 1. The predicted octanol–water partition coefficient (Wildman–Crippen LogP) is 2.75. The molecule has 0 radical (unpaired) electrons. The molecular formula is C18H24N6O. The molecule has 7 heteroatoms. The van der Waals surface area contributed by atoms with E-state index < -0.39 is 0 Å². The van der Waals surface area contributed by atoms with E-state index in [0.29, 0.717) is 31.4 Å². The summed E-state index contributed by atoms with van der Waals surface area (Å²) in [5.74, 6) is 2.09. The molecule has 0 unspecified atom stereocenters. The highest BCUT2D eigenvalue weighted by molar-refractivity contribution is 6.06. The lowest BCUT2D eigenvalue weighted by Crippen LogP contribution is -2.55. The average Bonchev–Trinajstić information content (AvgIpc) is 3.05. The third-order valence-corrected chi connectivity index (χ3v) is 4.33. The van der Waals surface area contributed by atoms with E-state index in [4.69, 9.17) is 0 Å². The molecule has 7 nitrogen and oxygen atoms in total. The van der Waals surface area contributed by atoms with Gasteiger partial charge in [-0.1, -0.05) is 18.2 Å². The summed E-state index contributed by atoms with van der Waals surface area (Å²) in [5.41, 5.74) is 0.998. The Labute approximate surface area is 148 Å². The Morgan fingerprint density at radius 1 is 1.16 bits per heavy atom. The number of fused-ring (bicyclic) bond motifs is 1. The lowest BCUT2D eigenvalue weighted by molar-refractivity contribution is 0.0978. The normalized spacial score (nSPS) is 16.1. The molecule has 1 aromatic rings. The number of anilines is 1. The molecule has 2 amide bonds. The molecule has 2 aliphatic rings. The standard InChI is InChI=1S/C18H24N6O/c1-5-22(6-2)18(25)23-13-12-16-19-14(3)20-17(24(16)23)21(4)15-10-8-7-9-11-15/h7-12H,5-6,13H2,1-4H3. The van der Waals surface area contributed by atoms with Gasteiger partial charge in [0.1, 0.15) is 5.84 Å². The molecule has 132 valence electrons. The van der Waals surface area contributed by atoms with Crippen LogP contribution in [0.25, 0.3) is 0 Å². The molecule has 0 saturated carbocycles. The zero-order valence-corrected chi connectivity index (χ0v) is 15.2. The number of para-hydroxylation sites is 1. The van der Waals surface area contributed by atoms with Gasteiger partial charge in [0.25, 0.3) is 0 Å². The summed E-state index contributed by atoms with van der Waals surface area (Å²) in [4.78, 5) is 25.8. The zero-order valence-electron chi connectivity index (χ0n) is 15.2. The van der Waals surface area contributed by atoms with Gasteiger partial charge in [-0.25, -0.2) is 14.8 Å². The van der Waals surface area contributed by atoms with Gasteiger partial charge in [0.05, 0.1) is 6.54 Å². The van der Waals surface area contributed by atoms with Crippen molar-refractivity contribution in [2.75, 3.05) is 31.6 Å². The van der Waals surface area contributed by atoms with Crippen molar-refractivity contribution in [3.05, 3.63) is 42.2 Å². The van der Waals surface area contributed by atoms with Crippen LogP contribution >= 0.6 is 0 Å². The van der Waals surface area contributed by atoms with Crippen molar-refractivity contribution in [3.8, 4) is 0 Å². The first-order chi connectivity index (χ1) is 12.1. The van der Waals surface area contributed by atoms with E-state index in [1.54, 1.807) is 14.9 Å². The SMILES string of the molecule is CCN(CC)C(=O)N1CC=C2N=C(C)N=C(N(C)c3ccccc3)N21. The summed E-state index contributed by atoms with van der Waals surface area (Å²) in [6.07, 6.45) is 1.96. The van der Waals surface area contributed by atoms with Crippen LogP contribution in [-0.4, -0.2) is 59.4 Å². The van der Waals surface area contributed by atoms with Crippen LogP contribution in [0.5, 0.6) is 0 Å². The van der Waals surface area contributed by atoms with Gasteiger partial charge in [0, 0.05) is 25.8 Å². The summed E-state index contributed by atoms with van der Waals surface area (Å²) < 4.78 is 0. The second-order valence-corrected chi connectivity index (χ2v) is 5.88. The monoisotopic (exact) mass is 340 g/mol. The fourth-order valence-corrected chi connectivity index (χ4v) is 2.95. The first-order valence-corrected chi connectivity index (χ1v) is 8.56. The number of carbonyl (C=O) groups is 1. The van der Waals surface area contributed by atoms with Gasteiger partial charge in [-0.2, -0.15) is 10.0 Å². The van der Waals surface area contributed by atoms with Gasteiger partial charge in [0.2, 0.25) is 5.96 Å². The van der Waals surface area contributed by atoms with Crippen molar-refractivity contribution in [3.63, 3.8) is 0 Å². The van der Waals surface area contributed by atoms with Gasteiger partial charge < -0.3 is 9.80 Å². The second-order valence-electron chi connectivity index (χ2n) is 5.88. The van der Waals surface area contributed by atoms with Crippen LogP contribution in [0.1, 0.15) is 20.8 Å². The maximum atomic E-state index is 12.9. The van der Waals surface area contributed by atoms with E-state index in [1.807, 2.05) is 69.1 Å². The smallest absolute Gasteiger partial charge is 0.324 e. The molecule has 1 aromatic carbocycles. The molecular weight excluding hydrogens is 316 g/mol. The molecule has 0 aliphatic carbocycles. The van der Waals surface area contributed by atoms with Crippen LogP contribution in [0.15, 0.2) is 52.2 Å². The van der Waals surface area contributed by atoms with Crippen molar-refractivity contribution in [2.24, 2.45) is 9.98 Å². The minimum Gasteiger partial charge on any atom is -0.324 e. The Morgan fingerprint density at radius 3 is 2.48 bits per heavy atom. The number of aliphatic imine (C=N–C) groups is 2. The Bertz CT molecular complexity index is 735. The quantitative estimate of drug-likeness (QED) is 0.850. The zero-order chi connectivity index (χ0) is 18.0. The fraction of sp³-hybridized carbons (Fsp3) is 0.389. The first kappa shape index (κ1) is 17.0. The number of amides is 2. The maximum absolute atomic E-state index is 12.9. The summed E-state index contributed by atoms with van der Waals surface area (Å²) in [5, 5.41) is 3.50. The number of carbonyl (C=O) groups excluding carboxylic acids is 1. The number of hydrazine groups is 1. The third-order valence-electron chi connectivity index (χ3n) is 4.33.